The summed E-state index contributed by atoms with van der Waals surface area (Å²) in [5, 5.41) is 2.86. The lowest BCUT2D eigenvalue weighted by atomic mass is 10.0. The summed E-state index contributed by atoms with van der Waals surface area (Å²) < 4.78 is 39.9. The molecule has 2 heterocycles. The summed E-state index contributed by atoms with van der Waals surface area (Å²) >= 11 is 1.55. The molecule has 0 bridgehead atoms. The van der Waals surface area contributed by atoms with Crippen LogP contribution in [0.4, 0.5) is 4.39 Å². The molecule has 0 spiro atoms. The van der Waals surface area contributed by atoms with Crippen molar-refractivity contribution in [2.24, 2.45) is 0 Å². The largest absolute Gasteiger partial charge is 0.249 e. The third kappa shape index (κ3) is 3.00. The molecule has 0 radical (unpaired) electrons. The zero-order valence-corrected chi connectivity index (χ0v) is 12.9. The first-order valence-corrected chi connectivity index (χ1v) is 9.04. The Bertz CT molecular complexity index is 716. The van der Waals surface area contributed by atoms with Gasteiger partial charge in [0.1, 0.15) is 5.82 Å². The molecule has 0 unspecified atom stereocenters. The van der Waals surface area contributed by atoms with E-state index in [0.717, 1.165) is 23.9 Å². The fourth-order valence-electron chi connectivity index (χ4n) is 2.57. The fourth-order valence-corrected chi connectivity index (χ4v) is 4.90. The van der Waals surface area contributed by atoms with E-state index < -0.39 is 15.8 Å². The van der Waals surface area contributed by atoms with Gasteiger partial charge in [0.25, 0.3) is 0 Å². The van der Waals surface area contributed by atoms with Crippen LogP contribution in [0.25, 0.3) is 0 Å². The van der Waals surface area contributed by atoms with Crippen LogP contribution in [0.15, 0.2) is 40.7 Å². The van der Waals surface area contributed by atoms with Crippen LogP contribution in [0.5, 0.6) is 0 Å². The van der Waals surface area contributed by atoms with Crippen molar-refractivity contribution < 1.29 is 12.8 Å². The molecule has 0 N–H and O–H groups in total. The van der Waals surface area contributed by atoms with Gasteiger partial charge in [-0.2, -0.15) is 4.31 Å². The number of rotatable bonds is 3. The summed E-state index contributed by atoms with van der Waals surface area (Å²) in [5.41, 5.74) is 0. The first-order chi connectivity index (χ1) is 10.1. The van der Waals surface area contributed by atoms with E-state index in [1.165, 1.54) is 22.5 Å². The summed E-state index contributed by atoms with van der Waals surface area (Å²) in [6, 6.07) is 5.17. The average molecular weight is 326 g/mol. The van der Waals surface area contributed by atoms with E-state index in [0.29, 0.717) is 13.1 Å². The summed E-state index contributed by atoms with van der Waals surface area (Å²) in [5.74, 6) is -0.411. The van der Waals surface area contributed by atoms with Gasteiger partial charge in [-0.3, -0.25) is 0 Å². The molecule has 0 amide bonds. The number of thiazole rings is 1. The van der Waals surface area contributed by atoms with Gasteiger partial charge in [-0.25, -0.2) is 17.8 Å². The Balaban J connectivity index is 1.85. The molecule has 4 nitrogen and oxygen atoms in total. The number of piperidine rings is 1. The van der Waals surface area contributed by atoms with Gasteiger partial charge in [-0.1, -0.05) is 6.07 Å². The Morgan fingerprint density at radius 2 is 2.24 bits per heavy atom. The number of hydrogen-bond donors (Lipinski definition) is 0. The van der Waals surface area contributed by atoms with Gasteiger partial charge in [-0.05, 0) is 31.0 Å². The van der Waals surface area contributed by atoms with E-state index in [1.807, 2.05) is 5.38 Å². The van der Waals surface area contributed by atoms with E-state index in [-0.39, 0.29) is 10.8 Å². The molecule has 1 aliphatic heterocycles. The molecular weight excluding hydrogens is 311 g/mol. The summed E-state index contributed by atoms with van der Waals surface area (Å²) in [7, 11) is -3.64. The minimum atomic E-state index is -3.64. The van der Waals surface area contributed by atoms with Crippen molar-refractivity contribution in [3.8, 4) is 0 Å². The van der Waals surface area contributed by atoms with Crippen molar-refractivity contribution in [2.45, 2.75) is 23.7 Å². The number of nitrogens with zero attached hydrogens (tertiary/aromatic N) is 2. The standard InChI is InChI=1S/C14H15FN2O2S2/c15-12-4-1-5-13(9-12)21(18,19)17-7-2-3-11(10-17)14-16-6-8-20-14/h1,4-6,8-9,11H,2-3,7,10H2/t11-/m1/s1. The molecule has 1 saturated heterocycles. The Morgan fingerprint density at radius 1 is 1.38 bits per heavy atom. The molecule has 0 aliphatic carbocycles. The van der Waals surface area contributed by atoms with E-state index >= 15 is 0 Å². The van der Waals surface area contributed by atoms with Crippen molar-refractivity contribution in [2.75, 3.05) is 13.1 Å². The van der Waals surface area contributed by atoms with Gasteiger partial charge in [0.05, 0.1) is 9.90 Å². The summed E-state index contributed by atoms with van der Waals surface area (Å²) in [6.45, 7) is 0.882. The quantitative estimate of drug-likeness (QED) is 0.871. The molecule has 1 aromatic heterocycles. The van der Waals surface area contributed by atoms with Gasteiger partial charge >= 0.3 is 0 Å². The predicted octanol–water partition coefficient (Wildman–Crippen LogP) is 2.85. The molecule has 1 aliphatic rings. The van der Waals surface area contributed by atoms with Crippen molar-refractivity contribution in [1.82, 2.24) is 9.29 Å². The minimum absolute atomic E-state index is 0.0160. The van der Waals surface area contributed by atoms with Crippen LogP contribution >= 0.6 is 11.3 Å². The maximum absolute atomic E-state index is 13.3. The number of sulfonamides is 1. The molecule has 112 valence electrons. The first kappa shape index (κ1) is 14.6. The highest BCUT2D eigenvalue weighted by Gasteiger charge is 2.31. The average Bonchev–Trinajstić information content (AvgIpc) is 3.02. The van der Waals surface area contributed by atoms with Gasteiger partial charge in [-0.15, -0.1) is 11.3 Å². The van der Waals surface area contributed by atoms with Crippen LogP contribution in [-0.4, -0.2) is 30.8 Å². The lowest BCUT2D eigenvalue weighted by molar-refractivity contribution is 0.315. The molecule has 3 rings (SSSR count). The highest BCUT2D eigenvalue weighted by atomic mass is 32.2. The number of halogens is 1. The monoisotopic (exact) mass is 326 g/mol. The van der Waals surface area contributed by atoms with E-state index in [2.05, 4.69) is 4.98 Å². The third-order valence-electron chi connectivity index (χ3n) is 3.62. The lowest BCUT2D eigenvalue weighted by Crippen LogP contribution is -2.39. The smallest absolute Gasteiger partial charge is 0.243 e. The van der Waals surface area contributed by atoms with Crippen LogP contribution < -0.4 is 0 Å². The molecular formula is C14H15FN2O2S2. The SMILES string of the molecule is O=S(=O)(c1cccc(F)c1)N1CCC[C@@H](c2nccs2)C1. The highest BCUT2D eigenvalue weighted by Crippen LogP contribution is 2.31. The maximum Gasteiger partial charge on any atom is 0.243 e. The second-order valence-corrected chi connectivity index (χ2v) is 7.89. The minimum Gasteiger partial charge on any atom is -0.249 e. The van der Waals surface area contributed by atoms with Crippen molar-refractivity contribution >= 4 is 21.4 Å². The van der Waals surface area contributed by atoms with Crippen molar-refractivity contribution in [1.29, 1.82) is 0 Å². The number of benzene rings is 1. The van der Waals surface area contributed by atoms with E-state index in [9.17, 15) is 12.8 Å². The van der Waals surface area contributed by atoms with Crippen LogP contribution in [0.1, 0.15) is 23.8 Å². The van der Waals surface area contributed by atoms with Crippen LogP contribution in [0, 0.1) is 5.82 Å². The van der Waals surface area contributed by atoms with Crippen LogP contribution in [-0.2, 0) is 10.0 Å². The summed E-state index contributed by atoms with van der Waals surface area (Å²) in [6.07, 6.45) is 3.46. The van der Waals surface area contributed by atoms with Crippen LogP contribution in [0.3, 0.4) is 0 Å². The molecule has 7 heteroatoms. The second-order valence-electron chi connectivity index (χ2n) is 5.03. The summed E-state index contributed by atoms with van der Waals surface area (Å²) in [4.78, 5) is 4.30. The Morgan fingerprint density at radius 3 is 2.95 bits per heavy atom. The predicted molar refractivity (Wildman–Crippen MR) is 79.2 cm³/mol. The highest BCUT2D eigenvalue weighted by molar-refractivity contribution is 7.89. The number of hydrogen-bond acceptors (Lipinski definition) is 4. The van der Waals surface area contributed by atoms with Gasteiger partial charge < -0.3 is 0 Å². The fraction of sp³-hybridized carbons (Fsp3) is 0.357. The number of aromatic nitrogens is 1. The molecule has 1 atom stereocenters. The van der Waals surface area contributed by atoms with Gasteiger partial charge in [0, 0.05) is 30.6 Å². The second kappa shape index (κ2) is 5.82. The van der Waals surface area contributed by atoms with Crippen molar-refractivity contribution in [3.63, 3.8) is 0 Å². The Hall–Kier alpha value is -1.31. The van der Waals surface area contributed by atoms with Gasteiger partial charge in [0.2, 0.25) is 10.0 Å². The maximum atomic E-state index is 13.3. The van der Waals surface area contributed by atoms with E-state index in [1.54, 1.807) is 17.5 Å². The van der Waals surface area contributed by atoms with Gasteiger partial charge in [0.15, 0.2) is 0 Å². The lowest BCUT2D eigenvalue weighted by Gasteiger charge is -2.30. The Kier molecular flexibility index (Phi) is 4.05. The molecule has 21 heavy (non-hydrogen) atoms. The molecule has 1 aromatic carbocycles. The Labute approximate surface area is 127 Å². The third-order valence-corrected chi connectivity index (χ3v) is 6.42. The zero-order valence-electron chi connectivity index (χ0n) is 11.3. The topological polar surface area (TPSA) is 50.3 Å². The molecule has 2 aromatic rings. The van der Waals surface area contributed by atoms with Crippen LogP contribution in [0.2, 0.25) is 0 Å². The molecule has 0 saturated carbocycles. The first-order valence-electron chi connectivity index (χ1n) is 6.72. The van der Waals surface area contributed by atoms with Crippen molar-refractivity contribution in [3.05, 3.63) is 46.7 Å². The zero-order chi connectivity index (χ0) is 14.9. The normalized spacial score (nSPS) is 20.5. The van der Waals surface area contributed by atoms with E-state index in [4.69, 9.17) is 0 Å². The molecule has 1 fully saturated rings.